The van der Waals surface area contributed by atoms with Crippen molar-refractivity contribution in [2.45, 2.75) is 26.0 Å². The average molecular weight is 450 g/mol. The van der Waals surface area contributed by atoms with Gasteiger partial charge in [-0.3, -0.25) is 0 Å². The molecule has 1 aromatic heterocycles. The van der Waals surface area contributed by atoms with E-state index in [0.717, 1.165) is 33.5 Å². The number of halogens is 1. The molecule has 0 aliphatic heterocycles. The molecule has 0 spiro atoms. The Bertz CT molecular complexity index is 1310. The summed E-state index contributed by atoms with van der Waals surface area (Å²) in [6.07, 6.45) is 7.86. The summed E-state index contributed by atoms with van der Waals surface area (Å²) in [6, 6.07) is 22.6. The number of hydrogen-bond acceptors (Lipinski definition) is 3. The Kier molecular flexibility index (Phi) is 6.49. The lowest BCUT2D eigenvalue weighted by molar-refractivity contribution is 0.130. The van der Waals surface area contributed by atoms with Crippen LogP contribution in [0.1, 0.15) is 29.5 Å². The van der Waals surface area contributed by atoms with E-state index in [1.807, 2.05) is 59.3 Å². The molecule has 0 N–H and O–H groups in total. The van der Waals surface area contributed by atoms with Crippen molar-refractivity contribution in [3.63, 3.8) is 0 Å². The minimum Gasteiger partial charge on any atom is -0.391 e. The third-order valence-electron chi connectivity index (χ3n) is 5.65. The minimum absolute atomic E-state index is 0.237. The lowest BCUT2D eigenvalue weighted by atomic mass is 10.0. The Hall–Kier alpha value is -4.17. The van der Waals surface area contributed by atoms with Crippen molar-refractivity contribution in [2.24, 2.45) is 11.1 Å². The van der Waals surface area contributed by atoms with Gasteiger partial charge in [-0.25, -0.2) is 9.37 Å². The van der Waals surface area contributed by atoms with Crippen molar-refractivity contribution in [2.75, 3.05) is 0 Å². The maximum Gasteiger partial charge on any atom is 0.142 e. The topological polar surface area (TPSA) is 39.4 Å². The molecule has 3 aromatic carbocycles. The smallest absolute Gasteiger partial charge is 0.142 e. The van der Waals surface area contributed by atoms with Crippen LogP contribution in [0.15, 0.2) is 96.7 Å². The van der Waals surface area contributed by atoms with Gasteiger partial charge in [-0.05, 0) is 53.8 Å². The van der Waals surface area contributed by atoms with Crippen LogP contribution in [0, 0.1) is 23.6 Å². The van der Waals surface area contributed by atoms with Crippen LogP contribution in [0.4, 0.5) is 4.39 Å². The highest BCUT2D eigenvalue weighted by Gasteiger charge is 2.17. The summed E-state index contributed by atoms with van der Waals surface area (Å²) in [6.45, 7) is 0.901. The van der Waals surface area contributed by atoms with E-state index in [0.29, 0.717) is 19.1 Å². The van der Waals surface area contributed by atoms with Crippen molar-refractivity contribution < 1.29 is 9.23 Å². The molecule has 0 saturated heterocycles. The van der Waals surface area contributed by atoms with E-state index in [2.05, 4.69) is 22.0 Å². The first-order valence-corrected chi connectivity index (χ1v) is 11.3. The summed E-state index contributed by atoms with van der Waals surface area (Å²) < 4.78 is 15.1. The van der Waals surface area contributed by atoms with Gasteiger partial charge in [0.05, 0.1) is 12.9 Å². The number of nitrogens with zero attached hydrogens (tertiary/aromatic N) is 3. The van der Waals surface area contributed by atoms with Gasteiger partial charge < -0.3 is 9.40 Å². The molecule has 1 heterocycles. The third-order valence-corrected chi connectivity index (χ3v) is 5.65. The molecule has 1 fully saturated rings. The minimum atomic E-state index is -0.237. The molecule has 168 valence electrons. The first kappa shape index (κ1) is 21.7. The molecule has 0 unspecified atom stereocenters. The Morgan fingerprint density at radius 3 is 2.32 bits per heavy atom. The lowest BCUT2D eigenvalue weighted by Gasteiger charge is -2.09. The van der Waals surface area contributed by atoms with Crippen LogP contribution < -0.4 is 0 Å². The van der Waals surface area contributed by atoms with Gasteiger partial charge in [0.1, 0.15) is 18.1 Å². The molecule has 1 aliphatic carbocycles. The maximum atomic E-state index is 13.2. The molecule has 0 atom stereocenters. The molecule has 4 aromatic rings. The van der Waals surface area contributed by atoms with Gasteiger partial charge in [0.15, 0.2) is 0 Å². The monoisotopic (exact) mass is 449 g/mol. The lowest BCUT2D eigenvalue weighted by Crippen LogP contribution is -2.11. The highest BCUT2D eigenvalue weighted by molar-refractivity contribution is 6.00. The standard InChI is InChI=1S/C29H24FN3O/c30-28-15-13-26(14-16-28)25-9-7-24(8-10-25)20-34-32-29(19-33-18-17-31-21-33)27-11-5-23(6-12-27)4-3-22-1-2-22/h5-18,21-22H,1-2,19-20H2. The van der Waals surface area contributed by atoms with Crippen molar-refractivity contribution in [3.8, 4) is 23.0 Å². The van der Waals surface area contributed by atoms with Crippen LogP contribution in [0.2, 0.25) is 0 Å². The number of imidazole rings is 1. The van der Waals surface area contributed by atoms with Gasteiger partial charge >= 0.3 is 0 Å². The summed E-state index contributed by atoms with van der Waals surface area (Å²) in [7, 11) is 0. The van der Waals surface area contributed by atoms with Gasteiger partial charge in [-0.1, -0.05) is 65.5 Å². The second-order valence-corrected chi connectivity index (χ2v) is 8.37. The fourth-order valence-electron chi connectivity index (χ4n) is 3.51. The zero-order valence-corrected chi connectivity index (χ0v) is 18.7. The Labute approximate surface area is 198 Å². The zero-order chi connectivity index (χ0) is 23.2. The second-order valence-electron chi connectivity index (χ2n) is 8.37. The largest absolute Gasteiger partial charge is 0.391 e. The van der Waals surface area contributed by atoms with Crippen LogP contribution in [-0.4, -0.2) is 15.3 Å². The van der Waals surface area contributed by atoms with Gasteiger partial charge in [0, 0.05) is 29.4 Å². The second kappa shape index (κ2) is 10.2. The molecular weight excluding hydrogens is 425 g/mol. The summed E-state index contributed by atoms with van der Waals surface area (Å²) in [4.78, 5) is 9.86. The highest BCUT2D eigenvalue weighted by atomic mass is 19.1. The van der Waals surface area contributed by atoms with E-state index < -0.39 is 0 Å². The molecule has 1 aliphatic rings. The van der Waals surface area contributed by atoms with E-state index in [1.165, 1.54) is 25.0 Å². The summed E-state index contributed by atoms with van der Waals surface area (Å²) in [5.41, 5.74) is 5.81. The van der Waals surface area contributed by atoms with E-state index in [-0.39, 0.29) is 5.82 Å². The molecular formula is C29H24FN3O. The summed E-state index contributed by atoms with van der Waals surface area (Å²) in [5.74, 6) is 6.88. The Morgan fingerprint density at radius 1 is 0.971 bits per heavy atom. The third kappa shape index (κ3) is 5.79. The quantitative estimate of drug-likeness (QED) is 0.195. The fourth-order valence-corrected chi connectivity index (χ4v) is 3.51. The van der Waals surface area contributed by atoms with E-state index in [1.54, 1.807) is 24.7 Å². The van der Waals surface area contributed by atoms with Crippen molar-refractivity contribution >= 4 is 5.71 Å². The van der Waals surface area contributed by atoms with E-state index in [4.69, 9.17) is 4.84 Å². The van der Waals surface area contributed by atoms with Gasteiger partial charge in [0.2, 0.25) is 0 Å². The van der Waals surface area contributed by atoms with Crippen LogP contribution in [-0.2, 0) is 18.0 Å². The Balaban J connectivity index is 1.27. The van der Waals surface area contributed by atoms with Crippen LogP contribution in [0.3, 0.4) is 0 Å². The molecule has 0 radical (unpaired) electrons. The van der Waals surface area contributed by atoms with E-state index in [9.17, 15) is 4.39 Å². The highest BCUT2D eigenvalue weighted by Crippen LogP contribution is 2.27. The maximum absolute atomic E-state index is 13.2. The van der Waals surface area contributed by atoms with Crippen LogP contribution in [0.25, 0.3) is 11.1 Å². The first-order chi connectivity index (χ1) is 16.7. The molecule has 34 heavy (non-hydrogen) atoms. The molecule has 1 saturated carbocycles. The molecule has 0 bridgehead atoms. The van der Waals surface area contributed by atoms with Crippen molar-refractivity contribution in [3.05, 3.63) is 114 Å². The van der Waals surface area contributed by atoms with E-state index >= 15 is 0 Å². The molecule has 4 nitrogen and oxygen atoms in total. The number of hydrogen-bond donors (Lipinski definition) is 0. The van der Waals surface area contributed by atoms with Crippen LogP contribution >= 0.6 is 0 Å². The normalized spacial score (nSPS) is 13.3. The predicted octanol–water partition coefficient (Wildman–Crippen LogP) is 6.07. The van der Waals surface area contributed by atoms with Crippen LogP contribution in [0.5, 0.6) is 0 Å². The molecule has 0 amide bonds. The SMILES string of the molecule is Fc1ccc(-c2ccc(CON=C(Cn3ccnc3)c3ccc(C#CC4CC4)cc3)cc2)cc1. The Morgan fingerprint density at radius 2 is 1.68 bits per heavy atom. The first-order valence-electron chi connectivity index (χ1n) is 11.3. The molecule has 5 heteroatoms. The summed E-state index contributed by atoms with van der Waals surface area (Å²) >= 11 is 0. The van der Waals surface area contributed by atoms with Gasteiger partial charge in [-0.15, -0.1) is 0 Å². The van der Waals surface area contributed by atoms with Gasteiger partial charge in [0.25, 0.3) is 0 Å². The number of rotatable bonds is 7. The van der Waals surface area contributed by atoms with Crippen molar-refractivity contribution in [1.82, 2.24) is 9.55 Å². The predicted molar refractivity (Wildman–Crippen MR) is 131 cm³/mol. The number of aromatic nitrogens is 2. The average Bonchev–Trinajstić information content (AvgIpc) is 3.57. The van der Waals surface area contributed by atoms with Crippen molar-refractivity contribution in [1.29, 1.82) is 0 Å². The van der Waals surface area contributed by atoms with Gasteiger partial charge in [-0.2, -0.15) is 0 Å². The fraction of sp³-hybridized carbons (Fsp3) is 0.172. The molecule has 5 rings (SSSR count). The zero-order valence-electron chi connectivity index (χ0n) is 18.7. The summed E-state index contributed by atoms with van der Waals surface area (Å²) in [5, 5.41) is 4.46. The number of oxime groups is 1. The number of benzene rings is 3.